The van der Waals surface area contributed by atoms with Crippen LogP contribution in [0.25, 0.3) is 0 Å². The van der Waals surface area contributed by atoms with Crippen LogP contribution in [0, 0.1) is 12.8 Å². The number of anilines is 1. The molecule has 1 aliphatic rings. The number of rotatable bonds is 6. The molecule has 0 aliphatic carbocycles. The topological polar surface area (TPSA) is 81.6 Å². The van der Waals surface area contributed by atoms with E-state index >= 15 is 0 Å². The van der Waals surface area contributed by atoms with Crippen LogP contribution in [0.4, 0.5) is 5.69 Å². The minimum atomic E-state index is -0.443. The van der Waals surface area contributed by atoms with Gasteiger partial charge in [0.2, 0.25) is 0 Å². The van der Waals surface area contributed by atoms with Crippen LogP contribution < -0.4 is 25.7 Å². The van der Waals surface area contributed by atoms with Gasteiger partial charge in [0.1, 0.15) is 17.1 Å². The SMILES string of the molecule is COc1ccc(NC(=O)c2c(C)ccn(CC3CCCNC3)c2=O)c(OC)c1.Cl.Cl. The predicted octanol–water partition coefficient (Wildman–Crippen LogP) is 3.27. The zero-order valence-corrected chi connectivity index (χ0v) is 19.0. The van der Waals surface area contributed by atoms with Crippen LogP contribution >= 0.6 is 24.8 Å². The number of amides is 1. The quantitative estimate of drug-likeness (QED) is 0.695. The molecule has 1 atom stereocenters. The van der Waals surface area contributed by atoms with Crippen LogP contribution in [0.15, 0.2) is 35.3 Å². The van der Waals surface area contributed by atoms with Crippen molar-refractivity contribution < 1.29 is 14.3 Å². The molecule has 0 spiro atoms. The van der Waals surface area contributed by atoms with E-state index in [9.17, 15) is 9.59 Å². The summed E-state index contributed by atoms with van der Waals surface area (Å²) >= 11 is 0. The molecule has 1 unspecified atom stereocenters. The lowest BCUT2D eigenvalue weighted by molar-refractivity contribution is 0.102. The number of nitrogens with one attached hydrogen (secondary N) is 2. The summed E-state index contributed by atoms with van der Waals surface area (Å²) in [5.41, 5.74) is 1.02. The fourth-order valence-corrected chi connectivity index (χ4v) is 3.53. The highest BCUT2D eigenvalue weighted by Gasteiger charge is 2.20. The van der Waals surface area contributed by atoms with Crippen molar-refractivity contribution in [2.24, 2.45) is 5.92 Å². The number of pyridine rings is 1. The van der Waals surface area contributed by atoms with Gasteiger partial charge >= 0.3 is 0 Å². The van der Waals surface area contributed by atoms with Crippen molar-refractivity contribution in [3.8, 4) is 11.5 Å². The Balaban J connectivity index is 0.00000225. The smallest absolute Gasteiger partial charge is 0.263 e. The Morgan fingerprint density at radius 1 is 1.23 bits per heavy atom. The molecule has 1 aromatic heterocycles. The van der Waals surface area contributed by atoms with Crippen molar-refractivity contribution in [2.75, 3.05) is 32.6 Å². The summed E-state index contributed by atoms with van der Waals surface area (Å²) in [5.74, 6) is 1.04. The summed E-state index contributed by atoms with van der Waals surface area (Å²) in [6, 6.07) is 6.92. The third kappa shape index (κ3) is 5.90. The van der Waals surface area contributed by atoms with Crippen molar-refractivity contribution in [1.29, 1.82) is 0 Å². The second kappa shape index (κ2) is 11.8. The molecule has 0 radical (unpaired) electrons. The van der Waals surface area contributed by atoms with Crippen LogP contribution in [0.2, 0.25) is 0 Å². The van der Waals surface area contributed by atoms with Crippen molar-refractivity contribution >= 4 is 36.4 Å². The number of halogens is 2. The molecule has 1 fully saturated rings. The van der Waals surface area contributed by atoms with Crippen molar-refractivity contribution in [1.82, 2.24) is 9.88 Å². The molecule has 0 saturated carbocycles. The van der Waals surface area contributed by atoms with Gasteiger partial charge in [-0.2, -0.15) is 0 Å². The van der Waals surface area contributed by atoms with Gasteiger partial charge in [-0.1, -0.05) is 0 Å². The molecule has 30 heavy (non-hydrogen) atoms. The Morgan fingerprint density at radius 3 is 2.63 bits per heavy atom. The second-order valence-corrected chi connectivity index (χ2v) is 7.06. The lowest BCUT2D eigenvalue weighted by Gasteiger charge is -2.23. The van der Waals surface area contributed by atoms with E-state index < -0.39 is 5.91 Å². The number of nitrogens with zero attached hydrogens (tertiary/aromatic N) is 1. The lowest BCUT2D eigenvalue weighted by Crippen LogP contribution is -2.36. The highest BCUT2D eigenvalue weighted by Crippen LogP contribution is 2.29. The molecule has 166 valence electrons. The summed E-state index contributed by atoms with van der Waals surface area (Å²) < 4.78 is 12.1. The zero-order chi connectivity index (χ0) is 20.1. The van der Waals surface area contributed by atoms with Crippen LogP contribution in [0.3, 0.4) is 0 Å². The number of benzene rings is 1. The van der Waals surface area contributed by atoms with Gasteiger partial charge in [-0.05, 0) is 62.5 Å². The summed E-state index contributed by atoms with van der Waals surface area (Å²) in [6.45, 7) is 4.30. The summed E-state index contributed by atoms with van der Waals surface area (Å²) in [7, 11) is 3.08. The Hall–Kier alpha value is -2.22. The fraction of sp³-hybridized carbons (Fsp3) is 0.429. The highest BCUT2D eigenvalue weighted by molar-refractivity contribution is 6.05. The van der Waals surface area contributed by atoms with Gasteiger partial charge in [0.05, 0.1) is 19.9 Å². The first-order valence-corrected chi connectivity index (χ1v) is 9.47. The molecule has 1 saturated heterocycles. The van der Waals surface area contributed by atoms with E-state index in [4.69, 9.17) is 9.47 Å². The molecule has 1 aliphatic heterocycles. The first kappa shape index (κ1) is 25.8. The molecule has 2 heterocycles. The number of carbonyl (C=O) groups excluding carboxylic acids is 1. The maximum Gasteiger partial charge on any atom is 0.263 e. The first-order valence-electron chi connectivity index (χ1n) is 9.47. The summed E-state index contributed by atoms with van der Waals surface area (Å²) in [4.78, 5) is 25.9. The van der Waals surface area contributed by atoms with E-state index in [0.717, 1.165) is 25.9 Å². The Labute approximate surface area is 189 Å². The number of hydrogen-bond donors (Lipinski definition) is 2. The van der Waals surface area contributed by atoms with Crippen LogP contribution in [-0.2, 0) is 6.54 Å². The number of carbonyl (C=O) groups is 1. The van der Waals surface area contributed by atoms with E-state index in [0.29, 0.717) is 35.2 Å². The molecule has 2 N–H and O–H groups in total. The minimum Gasteiger partial charge on any atom is -0.497 e. The maximum absolute atomic E-state index is 13.0. The van der Waals surface area contributed by atoms with E-state index in [1.807, 2.05) is 6.07 Å². The average Bonchev–Trinajstić information content (AvgIpc) is 2.71. The van der Waals surface area contributed by atoms with E-state index in [1.54, 1.807) is 43.0 Å². The monoisotopic (exact) mass is 457 g/mol. The predicted molar refractivity (Wildman–Crippen MR) is 123 cm³/mol. The normalized spacial score (nSPS) is 15.4. The van der Waals surface area contributed by atoms with E-state index in [-0.39, 0.29) is 35.9 Å². The summed E-state index contributed by atoms with van der Waals surface area (Å²) in [5, 5.41) is 6.16. The van der Waals surface area contributed by atoms with Crippen LogP contribution in [0.1, 0.15) is 28.8 Å². The Bertz CT molecular complexity index is 912. The van der Waals surface area contributed by atoms with Crippen molar-refractivity contribution in [2.45, 2.75) is 26.3 Å². The van der Waals surface area contributed by atoms with Gasteiger partial charge in [-0.3, -0.25) is 9.59 Å². The molecule has 9 heteroatoms. The molecule has 1 amide bonds. The Morgan fingerprint density at radius 2 is 2.00 bits per heavy atom. The van der Waals surface area contributed by atoms with Gasteiger partial charge in [0, 0.05) is 18.8 Å². The molecular formula is C21H29Cl2N3O4. The largest absolute Gasteiger partial charge is 0.497 e. The average molecular weight is 458 g/mol. The molecule has 2 aromatic rings. The fourth-order valence-electron chi connectivity index (χ4n) is 3.53. The van der Waals surface area contributed by atoms with Crippen molar-refractivity contribution in [3.05, 3.63) is 51.9 Å². The molecular weight excluding hydrogens is 429 g/mol. The number of aryl methyl sites for hydroxylation is 1. The van der Waals surface area contributed by atoms with Gasteiger partial charge in [0.25, 0.3) is 11.5 Å². The second-order valence-electron chi connectivity index (χ2n) is 7.06. The third-order valence-electron chi connectivity index (χ3n) is 5.11. The van der Waals surface area contributed by atoms with Crippen LogP contribution in [-0.4, -0.2) is 37.8 Å². The number of ether oxygens (including phenoxy) is 2. The van der Waals surface area contributed by atoms with Gasteiger partial charge in [-0.15, -0.1) is 24.8 Å². The number of piperidine rings is 1. The molecule has 1 aromatic carbocycles. The van der Waals surface area contributed by atoms with Gasteiger partial charge in [-0.25, -0.2) is 0 Å². The van der Waals surface area contributed by atoms with Gasteiger partial charge < -0.3 is 24.7 Å². The Kier molecular flexibility index (Phi) is 10.2. The highest BCUT2D eigenvalue weighted by atomic mass is 35.5. The standard InChI is InChI=1S/C21H27N3O4.2ClH/c1-14-8-10-24(13-15-5-4-9-22-12-15)21(26)19(14)20(25)23-17-7-6-16(27-2)11-18(17)28-3;;/h6-8,10-11,15,22H,4-5,9,12-13H2,1-3H3,(H,23,25);2*1H. The van der Waals surface area contributed by atoms with Crippen molar-refractivity contribution in [3.63, 3.8) is 0 Å². The first-order chi connectivity index (χ1) is 13.5. The number of aromatic nitrogens is 1. The van der Waals surface area contributed by atoms with Crippen LogP contribution in [0.5, 0.6) is 11.5 Å². The van der Waals surface area contributed by atoms with Gasteiger partial charge in [0.15, 0.2) is 0 Å². The third-order valence-corrected chi connectivity index (χ3v) is 5.11. The molecule has 0 bridgehead atoms. The van der Waals surface area contributed by atoms with E-state index in [2.05, 4.69) is 10.6 Å². The lowest BCUT2D eigenvalue weighted by atomic mass is 9.99. The summed E-state index contributed by atoms with van der Waals surface area (Å²) in [6.07, 6.45) is 3.96. The molecule has 7 nitrogen and oxygen atoms in total. The number of methoxy groups -OCH3 is 2. The minimum absolute atomic E-state index is 0. The molecule has 3 rings (SSSR count). The maximum atomic E-state index is 13.0. The number of hydrogen-bond acceptors (Lipinski definition) is 5. The van der Waals surface area contributed by atoms with E-state index in [1.165, 1.54) is 7.11 Å². The zero-order valence-electron chi connectivity index (χ0n) is 17.4.